The molecule has 1 N–H and O–H groups in total. The van der Waals surface area contributed by atoms with Gasteiger partial charge in [-0.15, -0.1) is 0 Å². The van der Waals surface area contributed by atoms with Gasteiger partial charge in [-0.2, -0.15) is 9.57 Å². The SMILES string of the molecule is CCC(C#N)S(=O)(=O)N(CC)CC(=O)NC. The highest BCUT2D eigenvalue weighted by Crippen LogP contribution is 2.11. The van der Waals surface area contributed by atoms with Crippen LogP contribution in [0.2, 0.25) is 0 Å². The van der Waals surface area contributed by atoms with Crippen LogP contribution in [0.3, 0.4) is 0 Å². The highest BCUT2D eigenvalue weighted by molar-refractivity contribution is 7.90. The van der Waals surface area contributed by atoms with Gasteiger partial charge in [0.05, 0.1) is 12.6 Å². The lowest BCUT2D eigenvalue weighted by atomic mass is 10.4. The summed E-state index contributed by atoms with van der Waals surface area (Å²) in [7, 11) is -2.27. The van der Waals surface area contributed by atoms with E-state index < -0.39 is 21.2 Å². The number of carbonyl (C=O) groups excluding carboxylic acids is 1. The maximum Gasteiger partial charge on any atom is 0.235 e. The van der Waals surface area contributed by atoms with E-state index in [2.05, 4.69) is 5.32 Å². The maximum absolute atomic E-state index is 11.9. The lowest BCUT2D eigenvalue weighted by Gasteiger charge is -2.21. The standard InChI is InChI=1S/C9H17N3O3S/c1-4-8(6-10)16(14,15)12(5-2)7-9(13)11-3/h8H,4-5,7H2,1-3H3,(H,11,13). The Hall–Kier alpha value is -1.13. The smallest absolute Gasteiger partial charge is 0.235 e. The van der Waals surface area contributed by atoms with Crippen LogP contribution in [-0.4, -0.2) is 44.0 Å². The summed E-state index contributed by atoms with van der Waals surface area (Å²) in [6, 6.07) is 1.74. The predicted molar refractivity (Wildman–Crippen MR) is 59.9 cm³/mol. The Morgan fingerprint density at radius 3 is 2.38 bits per heavy atom. The van der Waals surface area contributed by atoms with Gasteiger partial charge in [0.2, 0.25) is 15.9 Å². The Morgan fingerprint density at radius 2 is 2.06 bits per heavy atom. The van der Waals surface area contributed by atoms with Crippen LogP contribution in [0.1, 0.15) is 20.3 Å². The highest BCUT2D eigenvalue weighted by Gasteiger charge is 2.30. The minimum absolute atomic E-state index is 0.175. The third kappa shape index (κ3) is 3.47. The predicted octanol–water partition coefficient (Wildman–Crippen LogP) is -0.314. The summed E-state index contributed by atoms with van der Waals surface area (Å²) in [5, 5.41) is 10.0. The first-order chi connectivity index (χ1) is 7.43. The monoisotopic (exact) mass is 247 g/mol. The number of nitrogens with one attached hydrogen (secondary N) is 1. The topological polar surface area (TPSA) is 90.3 Å². The number of hydrogen-bond donors (Lipinski definition) is 1. The molecule has 0 aromatic rings. The molecule has 0 radical (unpaired) electrons. The molecule has 0 aliphatic heterocycles. The third-order valence-electron chi connectivity index (χ3n) is 2.19. The number of likely N-dealkylation sites (N-methyl/N-ethyl adjacent to an activating group) is 2. The maximum atomic E-state index is 11.9. The number of nitrogens with zero attached hydrogens (tertiary/aromatic N) is 2. The van der Waals surface area contributed by atoms with Gasteiger partial charge in [0.15, 0.2) is 5.25 Å². The van der Waals surface area contributed by atoms with Crippen molar-refractivity contribution in [2.75, 3.05) is 20.1 Å². The molecule has 0 saturated carbocycles. The summed E-state index contributed by atoms with van der Waals surface area (Å²) in [4.78, 5) is 11.1. The largest absolute Gasteiger partial charge is 0.358 e. The minimum Gasteiger partial charge on any atom is -0.358 e. The summed E-state index contributed by atoms with van der Waals surface area (Å²) in [5.41, 5.74) is 0. The third-order valence-corrected chi connectivity index (χ3v) is 4.45. The number of carbonyl (C=O) groups is 1. The second-order valence-electron chi connectivity index (χ2n) is 3.17. The van der Waals surface area contributed by atoms with Crippen LogP contribution in [0.4, 0.5) is 0 Å². The summed E-state index contributed by atoms with van der Waals surface area (Å²) in [6.45, 7) is 3.19. The lowest BCUT2D eigenvalue weighted by molar-refractivity contribution is -0.120. The summed E-state index contributed by atoms with van der Waals surface area (Å²) >= 11 is 0. The number of amides is 1. The van der Waals surface area contributed by atoms with Crippen molar-refractivity contribution in [2.24, 2.45) is 0 Å². The number of rotatable bonds is 6. The van der Waals surface area contributed by atoms with Crippen LogP contribution in [0.25, 0.3) is 0 Å². The van der Waals surface area contributed by atoms with Crippen LogP contribution in [-0.2, 0) is 14.8 Å². The average molecular weight is 247 g/mol. The molecule has 1 atom stereocenters. The van der Waals surface area contributed by atoms with E-state index in [0.717, 1.165) is 4.31 Å². The van der Waals surface area contributed by atoms with Crippen molar-refractivity contribution in [1.82, 2.24) is 9.62 Å². The molecule has 0 bridgehead atoms. The number of hydrogen-bond acceptors (Lipinski definition) is 4. The van der Waals surface area contributed by atoms with Crippen molar-refractivity contribution in [2.45, 2.75) is 25.5 Å². The Kier molecular flexibility index (Phi) is 6.00. The Bertz CT molecular complexity index is 372. The first-order valence-corrected chi connectivity index (χ1v) is 6.53. The summed E-state index contributed by atoms with van der Waals surface area (Å²) < 4.78 is 24.8. The van der Waals surface area contributed by atoms with E-state index in [-0.39, 0.29) is 19.5 Å². The van der Waals surface area contributed by atoms with Crippen molar-refractivity contribution in [1.29, 1.82) is 5.26 Å². The molecule has 16 heavy (non-hydrogen) atoms. The number of nitriles is 1. The zero-order valence-corrected chi connectivity index (χ0v) is 10.5. The molecule has 0 aliphatic rings. The second-order valence-corrected chi connectivity index (χ2v) is 5.29. The summed E-state index contributed by atoms with van der Waals surface area (Å²) in [5.74, 6) is -0.391. The second kappa shape index (κ2) is 6.45. The Balaban J connectivity index is 4.96. The first-order valence-electron chi connectivity index (χ1n) is 5.03. The molecule has 92 valence electrons. The van der Waals surface area contributed by atoms with Gasteiger partial charge in [-0.25, -0.2) is 8.42 Å². The molecule has 7 heteroatoms. The van der Waals surface area contributed by atoms with Gasteiger partial charge in [-0.1, -0.05) is 13.8 Å². The fourth-order valence-electron chi connectivity index (χ4n) is 1.17. The van der Waals surface area contributed by atoms with E-state index in [1.807, 2.05) is 0 Å². The van der Waals surface area contributed by atoms with Crippen LogP contribution in [0.15, 0.2) is 0 Å². The van der Waals surface area contributed by atoms with Crippen LogP contribution >= 0.6 is 0 Å². The van der Waals surface area contributed by atoms with Crippen molar-refractivity contribution in [3.05, 3.63) is 0 Å². The fraction of sp³-hybridized carbons (Fsp3) is 0.778. The van der Waals surface area contributed by atoms with Gasteiger partial charge < -0.3 is 5.32 Å². The molecule has 6 nitrogen and oxygen atoms in total. The van der Waals surface area contributed by atoms with E-state index in [4.69, 9.17) is 5.26 Å². The molecule has 1 unspecified atom stereocenters. The van der Waals surface area contributed by atoms with E-state index in [1.54, 1.807) is 19.9 Å². The van der Waals surface area contributed by atoms with E-state index in [9.17, 15) is 13.2 Å². The van der Waals surface area contributed by atoms with Crippen molar-refractivity contribution in [3.8, 4) is 6.07 Å². The van der Waals surface area contributed by atoms with Gasteiger partial charge in [0.25, 0.3) is 0 Å². The van der Waals surface area contributed by atoms with Crippen molar-refractivity contribution >= 4 is 15.9 Å². The molecule has 0 saturated heterocycles. The molecule has 0 heterocycles. The van der Waals surface area contributed by atoms with Gasteiger partial charge >= 0.3 is 0 Å². The van der Waals surface area contributed by atoms with E-state index >= 15 is 0 Å². The van der Waals surface area contributed by atoms with Gasteiger partial charge in [-0.05, 0) is 6.42 Å². The highest BCUT2D eigenvalue weighted by atomic mass is 32.2. The van der Waals surface area contributed by atoms with Crippen LogP contribution in [0, 0.1) is 11.3 Å². The number of sulfonamides is 1. The summed E-state index contributed by atoms with van der Waals surface area (Å²) in [6.07, 6.45) is 0.211. The molecular weight excluding hydrogens is 230 g/mol. The molecule has 0 aromatic carbocycles. The van der Waals surface area contributed by atoms with Gasteiger partial charge in [0.1, 0.15) is 0 Å². The van der Waals surface area contributed by atoms with E-state index in [1.165, 1.54) is 7.05 Å². The van der Waals surface area contributed by atoms with Crippen molar-refractivity contribution in [3.63, 3.8) is 0 Å². The molecule has 0 fully saturated rings. The van der Waals surface area contributed by atoms with Crippen LogP contribution < -0.4 is 5.32 Å². The first kappa shape index (κ1) is 14.9. The molecule has 0 aliphatic carbocycles. The quantitative estimate of drug-likeness (QED) is 0.697. The molecule has 1 amide bonds. The Labute approximate surface area is 96.3 Å². The van der Waals surface area contributed by atoms with E-state index in [0.29, 0.717) is 0 Å². The van der Waals surface area contributed by atoms with Crippen LogP contribution in [0.5, 0.6) is 0 Å². The van der Waals surface area contributed by atoms with Gasteiger partial charge in [0, 0.05) is 13.6 Å². The molecular formula is C9H17N3O3S. The lowest BCUT2D eigenvalue weighted by Crippen LogP contribution is -2.43. The Morgan fingerprint density at radius 1 is 1.50 bits per heavy atom. The minimum atomic E-state index is -3.71. The molecule has 0 spiro atoms. The fourth-order valence-corrected chi connectivity index (χ4v) is 2.74. The molecule has 0 rings (SSSR count). The zero-order valence-electron chi connectivity index (χ0n) is 9.73. The molecule has 0 aromatic heterocycles. The average Bonchev–Trinajstić information content (AvgIpc) is 2.26. The normalized spacial score (nSPS) is 13.2. The zero-order chi connectivity index (χ0) is 12.8. The van der Waals surface area contributed by atoms with Gasteiger partial charge in [-0.3, -0.25) is 4.79 Å². The van der Waals surface area contributed by atoms with Crippen molar-refractivity contribution < 1.29 is 13.2 Å².